The van der Waals surface area contributed by atoms with E-state index in [-0.39, 0.29) is 5.91 Å². The monoisotopic (exact) mass is 322 g/mol. The Bertz CT molecular complexity index is 482. The van der Waals surface area contributed by atoms with Crippen LogP contribution in [0.5, 0.6) is 0 Å². The number of amides is 1. The quantitative estimate of drug-likeness (QED) is 0.787. The van der Waals surface area contributed by atoms with Crippen LogP contribution >= 0.6 is 11.8 Å². The van der Waals surface area contributed by atoms with Gasteiger partial charge in [-0.3, -0.25) is 4.79 Å². The Labute approximate surface area is 137 Å². The van der Waals surface area contributed by atoms with Crippen LogP contribution in [0.4, 0.5) is 5.69 Å². The lowest BCUT2D eigenvalue weighted by Gasteiger charge is -2.30. The van der Waals surface area contributed by atoms with Crippen LogP contribution in [0, 0.1) is 0 Å². The topological polar surface area (TPSA) is 52.6 Å². The first-order valence-electron chi connectivity index (χ1n) is 7.86. The van der Waals surface area contributed by atoms with E-state index >= 15 is 0 Å². The summed E-state index contributed by atoms with van der Waals surface area (Å²) in [5.74, 6) is 1.53. The van der Waals surface area contributed by atoms with Crippen molar-refractivity contribution in [2.45, 2.75) is 31.3 Å². The van der Waals surface area contributed by atoms with E-state index in [1.165, 1.54) is 11.3 Å². The van der Waals surface area contributed by atoms with Crippen molar-refractivity contribution in [2.75, 3.05) is 37.0 Å². The molecule has 0 aliphatic carbocycles. The first-order valence-corrected chi connectivity index (χ1v) is 9.01. The minimum Gasteiger partial charge on any atom is -0.380 e. The largest absolute Gasteiger partial charge is 0.380 e. The van der Waals surface area contributed by atoms with Gasteiger partial charge in [-0.05, 0) is 54.9 Å². The Hall–Kier alpha value is -1.20. The van der Waals surface area contributed by atoms with Crippen molar-refractivity contribution in [1.82, 2.24) is 5.32 Å². The van der Waals surface area contributed by atoms with E-state index < -0.39 is 5.60 Å². The third-order valence-electron chi connectivity index (χ3n) is 4.12. The van der Waals surface area contributed by atoms with Crippen molar-refractivity contribution in [3.05, 3.63) is 29.8 Å². The lowest BCUT2D eigenvalue weighted by Crippen LogP contribution is -2.49. The molecule has 22 heavy (non-hydrogen) atoms. The maximum Gasteiger partial charge on any atom is 0.252 e. The number of carbonyl (C=O) groups is 1. The van der Waals surface area contributed by atoms with Crippen LogP contribution in [-0.4, -0.2) is 48.8 Å². The molecule has 0 bridgehead atoms. The molecule has 0 unspecified atom stereocenters. The van der Waals surface area contributed by atoms with E-state index in [9.17, 15) is 9.90 Å². The van der Waals surface area contributed by atoms with Crippen molar-refractivity contribution < 1.29 is 9.90 Å². The van der Waals surface area contributed by atoms with Gasteiger partial charge in [-0.2, -0.15) is 11.8 Å². The first-order chi connectivity index (χ1) is 10.5. The van der Waals surface area contributed by atoms with E-state index in [0.717, 1.165) is 24.3 Å². The van der Waals surface area contributed by atoms with Crippen molar-refractivity contribution in [1.29, 1.82) is 0 Å². The van der Waals surface area contributed by atoms with E-state index in [1.807, 2.05) is 14.1 Å². The van der Waals surface area contributed by atoms with Crippen molar-refractivity contribution >= 4 is 23.4 Å². The highest BCUT2D eigenvalue weighted by Crippen LogP contribution is 2.26. The number of thioether (sulfide) groups is 1. The Morgan fingerprint density at radius 3 is 2.50 bits per heavy atom. The molecule has 5 heteroatoms. The minimum absolute atomic E-state index is 0.198. The Kier molecular flexibility index (Phi) is 6.15. The van der Waals surface area contributed by atoms with E-state index in [4.69, 9.17) is 0 Å². The molecule has 1 amide bonds. The molecule has 1 aliphatic rings. The molecule has 1 aromatic rings. The van der Waals surface area contributed by atoms with Crippen LogP contribution in [0.25, 0.3) is 0 Å². The number of aryl methyl sites for hydroxylation is 1. The SMILES string of the molecule is CN(C)c1ccc(CCCNC(=O)C2(O)CCSCC2)cc1. The number of anilines is 1. The molecule has 1 saturated heterocycles. The number of nitrogens with one attached hydrogen (secondary N) is 1. The highest BCUT2D eigenvalue weighted by molar-refractivity contribution is 7.99. The standard InChI is InChI=1S/C17H26N2O2S/c1-19(2)15-7-5-14(6-8-15)4-3-11-18-16(20)17(21)9-12-22-13-10-17/h5-8,21H,3-4,9-13H2,1-2H3,(H,18,20). The molecule has 122 valence electrons. The van der Waals surface area contributed by atoms with E-state index in [2.05, 4.69) is 34.5 Å². The van der Waals surface area contributed by atoms with Crippen molar-refractivity contribution in [3.8, 4) is 0 Å². The maximum atomic E-state index is 12.1. The highest BCUT2D eigenvalue weighted by atomic mass is 32.2. The van der Waals surface area contributed by atoms with Gasteiger partial charge in [-0.25, -0.2) is 0 Å². The van der Waals surface area contributed by atoms with Gasteiger partial charge in [-0.1, -0.05) is 12.1 Å². The second kappa shape index (κ2) is 7.88. The summed E-state index contributed by atoms with van der Waals surface area (Å²) in [6.45, 7) is 0.615. The molecule has 0 saturated carbocycles. The molecule has 0 aromatic heterocycles. The molecule has 0 spiro atoms. The Balaban J connectivity index is 1.71. The van der Waals surface area contributed by atoms with Gasteiger partial charge >= 0.3 is 0 Å². The number of rotatable bonds is 6. The van der Waals surface area contributed by atoms with Crippen LogP contribution in [0.3, 0.4) is 0 Å². The first kappa shape index (κ1) is 17.2. The van der Waals surface area contributed by atoms with Crippen LogP contribution in [0.15, 0.2) is 24.3 Å². The predicted octanol–water partition coefficient (Wildman–Crippen LogP) is 2.06. The van der Waals surface area contributed by atoms with Gasteiger partial charge < -0.3 is 15.3 Å². The predicted molar refractivity (Wildman–Crippen MR) is 93.6 cm³/mol. The van der Waals surface area contributed by atoms with Gasteiger partial charge in [0.1, 0.15) is 5.60 Å². The van der Waals surface area contributed by atoms with E-state index in [1.54, 1.807) is 11.8 Å². The fourth-order valence-electron chi connectivity index (χ4n) is 2.56. The molecule has 1 fully saturated rings. The van der Waals surface area contributed by atoms with Gasteiger partial charge in [0.25, 0.3) is 5.91 Å². The fourth-order valence-corrected chi connectivity index (χ4v) is 3.72. The van der Waals surface area contributed by atoms with Gasteiger partial charge in [0.15, 0.2) is 0 Å². The molecule has 0 radical (unpaired) electrons. The molecule has 1 aromatic carbocycles. The van der Waals surface area contributed by atoms with Crippen LogP contribution in [0.2, 0.25) is 0 Å². The van der Waals surface area contributed by atoms with Crippen LogP contribution in [-0.2, 0) is 11.2 Å². The number of aliphatic hydroxyl groups is 1. The number of nitrogens with zero attached hydrogens (tertiary/aromatic N) is 1. The summed E-state index contributed by atoms with van der Waals surface area (Å²) in [5.41, 5.74) is 1.32. The lowest BCUT2D eigenvalue weighted by atomic mass is 9.96. The smallest absolute Gasteiger partial charge is 0.252 e. The Morgan fingerprint density at radius 1 is 1.27 bits per heavy atom. The zero-order valence-corrected chi connectivity index (χ0v) is 14.3. The summed E-state index contributed by atoms with van der Waals surface area (Å²) in [4.78, 5) is 14.2. The number of carbonyl (C=O) groups excluding carboxylic acids is 1. The summed E-state index contributed by atoms with van der Waals surface area (Å²) >= 11 is 1.80. The number of hydrogen-bond acceptors (Lipinski definition) is 4. The highest BCUT2D eigenvalue weighted by Gasteiger charge is 2.36. The number of hydrogen-bond donors (Lipinski definition) is 2. The van der Waals surface area contributed by atoms with Gasteiger partial charge in [-0.15, -0.1) is 0 Å². The third kappa shape index (κ3) is 4.65. The van der Waals surface area contributed by atoms with Crippen LogP contribution in [0.1, 0.15) is 24.8 Å². The summed E-state index contributed by atoms with van der Waals surface area (Å²) in [5, 5.41) is 13.2. The molecule has 1 heterocycles. The van der Waals surface area contributed by atoms with Gasteiger partial charge in [0.05, 0.1) is 0 Å². The summed E-state index contributed by atoms with van der Waals surface area (Å²) in [6, 6.07) is 8.47. The third-order valence-corrected chi connectivity index (χ3v) is 5.11. The molecular weight excluding hydrogens is 296 g/mol. The molecule has 2 rings (SSSR count). The summed E-state index contributed by atoms with van der Waals surface area (Å²) in [7, 11) is 4.05. The maximum absolute atomic E-state index is 12.1. The second-order valence-corrected chi connectivity index (χ2v) is 7.29. The minimum atomic E-state index is -1.14. The van der Waals surface area contributed by atoms with Crippen molar-refractivity contribution in [3.63, 3.8) is 0 Å². The lowest BCUT2D eigenvalue weighted by molar-refractivity contribution is -0.140. The molecule has 1 aliphatic heterocycles. The molecule has 0 atom stereocenters. The average Bonchev–Trinajstić information content (AvgIpc) is 2.52. The number of benzene rings is 1. The summed E-state index contributed by atoms with van der Waals surface area (Å²) in [6.07, 6.45) is 2.95. The summed E-state index contributed by atoms with van der Waals surface area (Å²) < 4.78 is 0. The average molecular weight is 322 g/mol. The van der Waals surface area contributed by atoms with Crippen LogP contribution < -0.4 is 10.2 Å². The normalized spacial score (nSPS) is 17.0. The second-order valence-electron chi connectivity index (χ2n) is 6.06. The van der Waals surface area contributed by atoms with Crippen molar-refractivity contribution in [2.24, 2.45) is 0 Å². The molecule has 2 N–H and O–H groups in total. The zero-order valence-electron chi connectivity index (χ0n) is 13.5. The fraction of sp³-hybridized carbons (Fsp3) is 0.588. The Morgan fingerprint density at radius 2 is 1.91 bits per heavy atom. The zero-order chi connectivity index (χ0) is 16.0. The molecular formula is C17H26N2O2S. The van der Waals surface area contributed by atoms with Gasteiger partial charge in [0.2, 0.25) is 0 Å². The molecule has 4 nitrogen and oxygen atoms in total. The van der Waals surface area contributed by atoms with Gasteiger partial charge in [0, 0.05) is 26.3 Å². The van der Waals surface area contributed by atoms with E-state index in [0.29, 0.717) is 19.4 Å².